The molecule has 0 fully saturated rings. The fourth-order valence-electron chi connectivity index (χ4n) is 1.07. The van der Waals surface area contributed by atoms with Gasteiger partial charge in [0.1, 0.15) is 0 Å². The average Bonchev–Trinajstić information content (AvgIpc) is 2.20. The van der Waals surface area contributed by atoms with Crippen molar-refractivity contribution < 1.29 is 0 Å². The third kappa shape index (κ3) is 6.99. The molecular formula is C12H16Cl2. The Balaban J connectivity index is 0.000000500. The predicted molar refractivity (Wildman–Crippen MR) is 66.1 cm³/mol. The molecule has 0 saturated heterocycles. The van der Waals surface area contributed by atoms with Crippen LogP contribution in [0.5, 0.6) is 0 Å². The SMILES string of the molecule is C=C[C@@H](C)Cc1ccccc1.ClCCl. The lowest BCUT2D eigenvalue weighted by Gasteiger charge is -2.04. The number of alkyl halides is 2. The van der Waals surface area contributed by atoms with E-state index in [0.29, 0.717) is 5.92 Å². The van der Waals surface area contributed by atoms with Crippen LogP contribution in [0.4, 0.5) is 0 Å². The van der Waals surface area contributed by atoms with Crippen LogP contribution in [0.15, 0.2) is 43.0 Å². The number of rotatable bonds is 3. The van der Waals surface area contributed by atoms with Crippen LogP contribution in [0.25, 0.3) is 0 Å². The summed E-state index contributed by atoms with van der Waals surface area (Å²) in [4.78, 5) is 0. The minimum Gasteiger partial charge on any atom is -0.109 e. The summed E-state index contributed by atoms with van der Waals surface area (Å²) in [6.07, 6.45) is 3.09. The molecule has 14 heavy (non-hydrogen) atoms. The molecule has 0 saturated carbocycles. The molecule has 0 heterocycles. The Morgan fingerprint density at radius 2 is 1.79 bits per heavy atom. The van der Waals surface area contributed by atoms with Crippen LogP contribution in [-0.4, -0.2) is 5.34 Å². The molecule has 0 nitrogen and oxygen atoms in total. The highest BCUT2D eigenvalue weighted by Crippen LogP contribution is 2.07. The molecule has 0 bridgehead atoms. The van der Waals surface area contributed by atoms with Crippen molar-refractivity contribution in [1.82, 2.24) is 0 Å². The van der Waals surface area contributed by atoms with Crippen molar-refractivity contribution in [2.75, 3.05) is 5.34 Å². The highest BCUT2D eigenvalue weighted by Gasteiger charge is 1.96. The van der Waals surface area contributed by atoms with Crippen LogP contribution >= 0.6 is 23.2 Å². The van der Waals surface area contributed by atoms with Crippen molar-refractivity contribution in [3.8, 4) is 0 Å². The third-order valence-electron chi connectivity index (χ3n) is 1.80. The zero-order chi connectivity index (χ0) is 10.8. The first-order valence-electron chi connectivity index (χ1n) is 4.53. The van der Waals surface area contributed by atoms with Gasteiger partial charge in [0.15, 0.2) is 0 Å². The molecule has 78 valence electrons. The van der Waals surface area contributed by atoms with Crippen LogP contribution in [0, 0.1) is 5.92 Å². The summed E-state index contributed by atoms with van der Waals surface area (Å²) in [7, 11) is 0. The van der Waals surface area contributed by atoms with Gasteiger partial charge < -0.3 is 0 Å². The predicted octanol–water partition coefficient (Wildman–Crippen LogP) is 4.47. The van der Waals surface area contributed by atoms with Gasteiger partial charge >= 0.3 is 0 Å². The van der Waals surface area contributed by atoms with Gasteiger partial charge in [-0.25, -0.2) is 0 Å². The van der Waals surface area contributed by atoms with Crippen molar-refractivity contribution in [3.63, 3.8) is 0 Å². The lowest BCUT2D eigenvalue weighted by Crippen LogP contribution is -1.94. The maximum absolute atomic E-state index is 4.76. The smallest absolute Gasteiger partial charge is 0.0967 e. The summed E-state index contributed by atoms with van der Waals surface area (Å²) >= 11 is 9.53. The summed E-state index contributed by atoms with van der Waals surface area (Å²) < 4.78 is 0. The quantitative estimate of drug-likeness (QED) is 0.531. The lowest BCUT2D eigenvalue weighted by molar-refractivity contribution is 0.725. The molecule has 0 N–H and O–H groups in total. The maximum atomic E-state index is 4.76. The molecular weight excluding hydrogens is 215 g/mol. The van der Waals surface area contributed by atoms with Crippen molar-refractivity contribution in [3.05, 3.63) is 48.6 Å². The van der Waals surface area contributed by atoms with E-state index < -0.39 is 0 Å². The molecule has 0 amide bonds. The first-order valence-corrected chi connectivity index (χ1v) is 5.59. The molecule has 0 aliphatic heterocycles. The van der Waals surface area contributed by atoms with Gasteiger partial charge in [-0.05, 0) is 17.9 Å². The Morgan fingerprint density at radius 1 is 1.29 bits per heavy atom. The van der Waals surface area contributed by atoms with E-state index in [4.69, 9.17) is 23.2 Å². The van der Waals surface area contributed by atoms with Crippen molar-refractivity contribution in [2.24, 2.45) is 5.92 Å². The molecule has 1 aromatic carbocycles. The molecule has 1 atom stereocenters. The van der Waals surface area contributed by atoms with E-state index in [2.05, 4.69) is 37.8 Å². The van der Waals surface area contributed by atoms with Gasteiger partial charge in [-0.1, -0.05) is 43.3 Å². The first-order chi connectivity index (χ1) is 6.74. The molecule has 0 radical (unpaired) electrons. The molecule has 1 rings (SSSR count). The van der Waals surface area contributed by atoms with E-state index in [-0.39, 0.29) is 5.34 Å². The molecule has 0 aliphatic carbocycles. The standard InChI is InChI=1S/C11H14.CH2Cl2/c1-3-10(2)9-11-7-5-4-6-8-11;2-1-3/h3-8,10H,1,9H2,2H3;1H2/t10-;/m1./s1. The molecule has 0 spiro atoms. The fraction of sp³-hybridized carbons (Fsp3) is 0.333. The van der Waals surface area contributed by atoms with Crippen LogP contribution in [0.1, 0.15) is 12.5 Å². The summed E-state index contributed by atoms with van der Waals surface area (Å²) in [5.74, 6) is 0.581. The van der Waals surface area contributed by atoms with Crippen molar-refractivity contribution in [2.45, 2.75) is 13.3 Å². The second-order valence-corrected chi connectivity index (χ2v) is 3.81. The van der Waals surface area contributed by atoms with Gasteiger partial charge in [0.05, 0.1) is 5.34 Å². The Bertz CT molecular complexity index is 231. The zero-order valence-corrected chi connectivity index (χ0v) is 9.93. The van der Waals surface area contributed by atoms with Gasteiger partial charge in [-0.2, -0.15) is 0 Å². The second kappa shape index (κ2) is 9.11. The van der Waals surface area contributed by atoms with E-state index in [1.54, 1.807) is 0 Å². The Kier molecular flexibility index (Phi) is 8.81. The fourth-order valence-corrected chi connectivity index (χ4v) is 1.07. The number of hydrogen-bond acceptors (Lipinski definition) is 0. The topological polar surface area (TPSA) is 0 Å². The number of hydrogen-bond donors (Lipinski definition) is 0. The van der Waals surface area contributed by atoms with Gasteiger partial charge in [0, 0.05) is 0 Å². The Morgan fingerprint density at radius 3 is 2.21 bits per heavy atom. The highest BCUT2D eigenvalue weighted by atomic mass is 35.5. The summed E-state index contributed by atoms with van der Waals surface area (Å²) in [6, 6.07) is 10.5. The summed E-state index contributed by atoms with van der Waals surface area (Å²) in [6.45, 7) is 5.94. The number of allylic oxidation sites excluding steroid dienone is 1. The first kappa shape index (κ1) is 13.5. The van der Waals surface area contributed by atoms with Crippen LogP contribution < -0.4 is 0 Å². The largest absolute Gasteiger partial charge is 0.109 e. The van der Waals surface area contributed by atoms with Crippen LogP contribution in [0.2, 0.25) is 0 Å². The van der Waals surface area contributed by atoms with E-state index in [0.717, 1.165) is 6.42 Å². The van der Waals surface area contributed by atoms with Crippen molar-refractivity contribution >= 4 is 23.2 Å². The maximum Gasteiger partial charge on any atom is 0.0967 e. The summed E-state index contributed by atoms with van der Waals surface area (Å²) in [5, 5.41) is 0.194. The second-order valence-electron chi connectivity index (χ2n) is 3.00. The monoisotopic (exact) mass is 230 g/mol. The third-order valence-corrected chi connectivity index (χ3v) is 1.80. The Hall–Kier alpha value is -0.460. The van der Waals surface area contributed by atoms with Crippen LogP contribution in [0.3, 0.4) is 0 Å². The molecule has 0 aliphatic rings. The van der Waals surface area contributed by atoms with E-state index >= 15 is 0 Å². The van der Waals surface area contributed by atoms with Gasteiger partial charge in [0.25, 0.3) is 0 Å². The van der Waals surface area contributed by atoms with Gasteiger partial charge in [0.2, 0.25) is 0 Å². The Labute approximate surface area is 96.5 Å². The van der Waals surface area contributed by atoms with Gasteiger partial charge in [-0.15, -0.1) is 29.8 Å². The van der Waals surface area contributed by atoms with Crippen LogP contribution in [-0.2, 0) is 6.42 Å². The molecule has 2 heteroatoms. The van der Waals surface area contributed by atoms with Gasteiger partial charge in [-0.3, -0.25) is 0 Å². The minimum atomic E-state index is 0.194. The lowest BCUT2D eigenvalue weighted by atomic mass is 10.0. The van der Waals surface area contributed by atoms with E-state index in [1.165, 1.54) is 5.56 Å². The normalized spacial score (nSPS) is 11.1. The zero-order valence-electron chi connectivity index (χ0n) is 8.42. The number of halogens is 2. The van der Waals surface area contributed by atoms with E-state index in [9.17, 15) is 0 Å². The van der Waals surface area contributed by atoms with E-state index in [1.807, 2.05) is 12.1 Å². The average molecular weight is 231 g/mol. The minimum absolute atomic E-state index is 0.194. The molecule has 1 aromatic rings. The molecule has 0 unspecified atom stereocenters. The summed E-state index contributed by atoms with van der Waals surface area (Å²) in [5.41, 5.74) is 1.39. The molecule has 0 aromatic heterocycles. The highest BCUT2D eigenvalue weighted by molar-refractivity contribution is 6.40. The van der Waals surface area contributed by atoms with Crippen molar-refractivity contribution in [1.29, 1.82) is 0 Å². The number of benzene rings is 1.